The molecule has 0 radical (unpaired) electrons. The van der Waals surface area contributed by atoms with Gasteiger partial charge in [-0.15, -0.1) is 0 Å². The summed E-state index contributed by atoms with van der Waals surface area (Å²) in [6.07, 6.45) is 8.17. The summed E-state index contributed by atoms with van der Waals surface area (Å²) in [6.45, 7) is 3.18. The first kappa shape index (κ1) is 26.7. The second-order valence-corrected chi connectivity index (χ2v) is 9.78. The molecule has 3 aromatic rings. The Bertz CT molecular complexity index is 1180. The summed E-state index contributed by atoms with van der Waals surface area (Å²) in [5.74, 6) is 2.45. The highest BCUT2D eigenvalue weighted by atomic mass is 79.9. The van der Waals surface area contributed by atoms with Crippen molar-refractivity contribution in [2.24, 2.45) is 5.10 Å². The lowest BCUT2D eigenvalue weighted by Gasteiger charge is -2.22. The van der Waals surface area contributed by atoms with Crippen LogP contribution in [0.5, 0.6) is 17.2 Å². The maximum absolute atomic E-state index is 12.2. The van der Waals surface area contributed by atoms with Crippen LogP contribution in [-0.2, 0) is 0 Å². The number of amides is 1. The molecule has 0 atom stereocenters. The molecule has 7 heteroatoms. The van der Waals surface area contributed by atoms with E-state index in [9.17, 15) is 4.79 Å². The lowest BCUT2D eigenvalue weighted by molar-refractivity contribution is 0.0955. The number of rotatable bonds is 11. The predicted octanol–water partition coefficient (Wildman–Crippen LogP) is 7.12. The molecule has 1 aliphatic rings. The van der Waals surface area contributed by atoms with Gasteiger partial charge in [0.05, 0.1) is 17.3 Å². The van der Waals surface area contributed by atoms with Crippen LogP contribution < -0.4 is 19.6 Å². The van der Waals surface area contributed by atoms with Gasteiger partial charge in [0.2, 0.25) is 0 Å². The van der Waals surface area contributed by atoms with Crippen LogP contribution >= 0.6 is 15.9 Å². The summed E-state index contributed by atoms with van der Waals surface area (Å²) in [5.41, 5.74) is 5.25. The normalized spacial score (nSPS) is 13.9. The number of nitrogens with zero attached hydrogens (tertiary/aromatic N) is 1. The van der Waals surface area contributed by atoms with Gasteiger partial charge in [-0.2, -0.15) is 5.10 Å². The van der Waals surface area contributed by atoms with Crippen LogP contribution in [0.25, 0.3) is 0 Å². The van der Waals surface area contributed by atoms with Crippen molar-refractivity contribution in [3.8, 4) is 17.2 Å². The Balaban J connectivity index is 1.30. The first-order valence-corrected chi connectivity index (χ1v) is 13.6. The van der Waals surface area contributed by atoms with Gasteiger partial charge in [0, 0.05) is 5.56 Å². The number of ether oxygens (including phenoxy) is 3. The number of carbonyl (C=O) groups excluding carboxylic acids is 1. The summed E-state index contributed by atoms with van der Waals surface area (Å²) >= 11 is 3.57. The zero-order valence-electron chi connectivity index (χ0n) is 21.1. The maximum atomic E-state index is 12.2. The smallest absolute Gasteiger partial charge is 0.271 e. The quantitative estimate of drug-likeness (QED) is 0.153. The molecule has 0 heterocycles. The third kappa shape index (κ3) is 7.83. The van der Waals surface area contributed by atoms with Gasteiger partial charge in [0.25, 0.3) is 5.91 Å². The minimum Gasteiger partial charge on any atom is -0.490 e. The number of halogens is 1. The van der Waals surface area contributed by atoms with Crippen molar-refractivity contribution >= 4 is 28.1 Å². The number of hydrogen-bond acceptors (Lipinski definition) is 5. The fourth-order valence-corrected chi connectivity index (χ4v) is 5.03. The molecule has 6 nitrogen and oxygen atoms in total. The van der Waals surface area contributed by atoms with E-state index in [0.29, 0.717) is 42.8 Å². The first-order valence-electron chi connectivity index (χ1n) is 12.8. The fourth-order valence-electron chi connectivity index (χ4n) is 4.46. The lowest BCUT2D eigenvalue weighted by Crippen LogP contribution is -2.17. The van der Waals surface area contributed by atoms with Crippen LogP contribution in [0.2, 0.25) is 0 Å². The second kappa shape index (κ2) is 13.8. The van der Waals surface area contributed by atoms with E-state index in [4.69, 9.17) is 14.2 Å². The van der Waals surface area contributed by atoms with Crippen LogP contribution in [0.1, 0.15) is 66.4 Å². The zero-order chi connectivity index (χ0) is 25.9. The molecule has 37 heavy (non-hydrogen) atoms. The van der Waals surface area contributed by atoms with Gasteiger partial charge in [0.15, 0.2) is 11.5 Å². The third-order valence-electron chi connectivity index (χ3n) is 6.30. The molecule has 1 aliphatic carbocycles. The molecule has 1 N–H and O–H groups in total. The Labute approximate surface area is 227 Å². The van der Waals surface area contributed by atoms with Crippen LogP contribution in [0, 0.1) is 0 Å². The molecule has 0 aromatic heterocycles. The Morgan fingerprint density at radius 2 is 1.70 bits per heavy atom. The number of hydrazone groups is 1. The Hall–Kier alpha value is -3.32. The van der Waals surface area contributed by atoms with Crippen LogP contribution in [0.15, 0.2) is 76.3 Å². The molecule has 0 saturated heterocycles. The Morgan fingerprint density at radius 1 is 0.973 bits per heavy atom. The second-order valence-electron chi connectivity index (χ2n) is 8.93. The number of carbonyl (C=O) groups is 1. The topological polar surface area (TPSA) is 69.2 Å². The average Bonchev–Trinajstić information content (AvgIpc) is 2.93. The molecule has 1 fully saturated rings. The molecule has 194 valence electrons. The van der Waals surface area contributed by atoms with Crippen molar-refractivity contribution in [1.82, 2.24) is 5.43 Å². The van der Waals surface area contributed by atoms with Gasteiger partial charge in [-0.1, -0.05) is 49.6 Å². The minimum atomic E-state index is -0.274. The molecule has 1 saturated carbocycles. The molecule has 1 amide bonds. The summed E-state index contributed by atoms with van der Waals surface area (Å²) in [5, 5.41) is 4.07. The van der Waals surface area contributed by atoms with Crippen LogP contribution in [0.4, 0.5) is 0 Å². The van der Waals surface area contributed by atoms with Gasteiger partial charge in [-0.25, -0.2) is 5.43 Å². The molecule has 0 aliphatic heterocycles. The fraction of sp³-hybridized carbons (Fsp3) is 0.333. The zero-order valence-corrected chi connectivity index (χ0v) is 22.7. The van der Waals surface area contributed by atoms with E-state index in [1.54, 1.807) is 18.3 Å². The molecule has 0 bridgehead atoms. The molecule has 0 unspecified atom stereocenters. The Kier molecular flexibility index (Phi) is 10.0. The largest absolute Gasteiger partial charge is 0.490 e. The van der Waals surface area contributed by atoms with E-state index < -0.39 is 0 Å². The molecule has 3 aromatic carbocycles. The van der Waals surface area contributed by atoms with Crippen molar-refractivity contribution in [2.75, 3.05) is 19.8 Å². The number of nitrogens with one attached hydrogen (secondary N) is 1. The minimum absolute atomic E-state index is 0.274. The van der Waals surface area contributed by atoms with Gasteiger partial charge in [-0.3, -0.25) is 4.79 Å². The molecule has 4 rings (SSSR count). The summed E-state index contributed by atoms with van der Waals surface area (Å²) in [7, 11) is 0. The first-order chi connectivity index (χ1) is 18.1. The van der Waals surface area contributed by atoms with Crippen molar-refractivity contribution in [3.63, 3.8) is 0 Å². The van der Waals surface area contributed by atoms with E-state index in [0.717, 1.165) is 15.8 Å². The summed E-state index contributed by atoms with van der Waals surface area (Å²) < 4.78 is 18.4. The summed E-state index contributed by atoms with van der Waals surface area (Å²) in [6, 6.07) is 21.1. The molecular weight excluding hydrogens is 532 g/mol. The number of hydrogen-bond donors (Lipinski definition) is 1. The lowest BCUT2D eigenvalue weighted by atomic mass is 9.84. The van der Waals surface area contributed by atoms with Crippen molar-refractivity contribution in [3.05, 3.63) is 87.9 Å². The van der Waals surface area contributed by atoms with Crippen molar-refractivity contribution < 1.29 is 19.0 Å². The Morgan fingerprint density at radius 3 is 2.43 bits per heavy atom. The van der Waals surface area contributed by atoms with Gasteiger partial charge < -0.3 is 14.2 Å². The highest BCUT2D eigenvalue weighted by Gasteiger charge is 2.15. The third-order valence-corrected chi connectivity index (χ3v) is 6.89. The SMILES string of the molecule is CCOc1cc(/C=N/NC(=O)c2ccccc2)cc(Br)c1OCCOc1ccc(C2CCCCC2)cc1. The van der Waals surface area contributed by atoms with E-state index in [-0.39, 0.29) is 5.91 Å². The molecule has 0 spiro atoms. The van der Waals surface area contributed by atoms with Crippen molar-refractivity contribution in [1.29, 1.82) is 0 Å². The average molecular weight is 566 g/mol. The monoisotopic (exact) mass is 564 g/mol. The van der Waals surface area contributed by atoms with Gasteiger partial charge >= 0.3 is 0 Å². The predicted molar refractivity (Wildman–Crippen MR) is 150 cm³/mol. The highest BCUT2D eigenvalue weighted by Crippen LogP contribution is 2.37. The maximum Gasteiger partial charge on any atom is 0.271 e. The number of benzene rings is 3. The van der Waals surface area contributed by atoms with Crippen LogP contribution in [-0.4, -0.2) is 31.9 Å². The van der Waals surface area contributed by atoms with E-state index >= 15 is 0 Å². The van der Waals surface area contributed by atoms with E-state index in [1.165, 1.54) is 37.7 Å². The highest BCUT2D eigenvalue weighted by molar-refractivity contribution is 9.10. The van der Waals surface area contributed by atoms with Crippen molar-refractivity contribution in [2.45, 2.75) is 44.9 Å². The molecular formula is C30H33BrN2O4. The standard InChI is InChI=1S/C30H33BrN2O4/c1-2-35-28-20-22(21-32-33-30(34)25-11-7-4-8-12-25)19-27(31)29(28)37-18-17-36-26-15-13-24(14-16-26)23-9-5-3-6-10-23/h4,7-8,11-16,19-21,23H,2-3,5-6,9-10,17-18H2,1H3,(H,33,34)/b32-21+. The van der Waals surface area contributed by atoms with Gasteiger partial charge in [0.1, 0.15) is 19.0 Å². The summed E-state index contributed by atoms with van der Waals surface area (Å²) in [4.78, 5) is 12.2. The van der Waals surface area contributed by atoms with Gasteiger partial charge in [-0.05, 0) is 89.1 Å². The van der Waals surface area contributed by atoms with E-state index in [2.05, 4.69) is 50.7 Å². The van der Waals surface area contributed by atoms with E-state index in [1.807, 2.05) is 37.3 Å². The van der Waals surface area contributed by atoms with Crippen LogP contribution in [0.3, 0.4) is 0 Å².